The molecule has 1 aromatic heterocycles. The van der Waals surface area contributed by atoms with E-state index in [1.807, 2.05) is 7.05 Å². The summed E-state index contributed by atoms with van der Waals surface area (Å²) in [4.78, 5) is 1.29. The van der Waals surface area contributed by atoms with Crippen LogP contribution >= 0.6 is 11.3 Å². The largest absolute Gasteiger partial charge is 0.496 e. The number of ether oxygens (including phenoxy) is 1. The number of thiophene rings is 1. The molecule has 0 radical (unpaired) electrons. The molecular formula is C18H25NOS. The summed E-state index contributed by atoms with van der Waals surface area (Å²) in [6.07, 6.45) is 0. The zero-order chi connectivity index (χ0) is 15.7. The van der Waals surface area contributed by atoms with E-state index in [2.05, 4.69) is 51.4 Å². The predicted octanol–water partition coefficient (Wildman–Crippen LogP) is 4.61. The van der Waals surface area contributed by atoms with Crippen molar-refractivity contribution in [2.24, 2.45) is 0 Å². The highest BCUT2D eigenvalue weighted by Crippen LogP contribution is 2.37. The summed E-state index contributed by atoms with van der Waals surface area (Å²) in [6, 6.07) is 2.35. The number of methoxy groups -OCH3 is 1. The maximum absolute atomic E-state index is 5.34. The van der Waals surface area contributed by atoms with Crippen LogP contribution in [0.25, 0.3) is 0 Å². The van der Waals surface area contributed by atoms with Gasteiger partial charge in [-0.05, 0) is 81.1 Å². The molecule has 21 heavy (non-hydrogen) atoms. The Morgan fingerprint density at radius 1 is 0.952 bits per heavy atom. The molecule has 0 bridgehead atoms. The molecule has 0 aliphatic heterocycles. The Kier molecular flexibility index (Phi) is 4.74. The Morgan fingerprint density at radius 2 is 1.48 bits per heavy atom. The third kappa shape index (κ3) is 2.72. The van der Waals surface area contributed by atoms with Crippen molar-refractivity contribution in [3.05, 3.63) is 49.7 Å². The van der Waals surface area contributed by atoms with Crippen LogP contribution in [0.1, 0.15) is 44.3 Å². The van der Waals surface area contributed by atoms with Crippen LogP contribution in [-0.2, 0) is 0 Å². The van der Waals surface area contributed by atoms with E-state index in [-0.39, 0.29) is 6.04 Å². The van der Waals surface area contributed by atoms with Crippen LogP contribution in [0.3, 0.4) is 0 Å². The van der Waals surface area contributed by atoms with E-state index in [1.165, 1.54) is 38.3 Å². The number of benzene rings is 1. The van der Waals surface area contributed by atoms with Gasteiger partial charge in [0.15, 0.2) is 0 Å². The topological polar surface area (TPSA) is 21.3 Å². The van der Waals surface area contributed by atoms with Gasteiger partial charge in [0, 0.05) is 10.3 Å². The standard InChI is InChI=1S/C18H25NOS/c1-10-11(2)13(4)17(14(5)12(10)3)18(19-6)16-8-15(20-7)9-21-16/h8-9,18-19H,1-7H3. The van der Waals surface area contributed by atoms with Gasteiger partial charge in [-0.1, -0.05) is 0 Å². The summed E-state index contributed by atoms with van der Waals surface area (Å²) in [5.74, 6) is 0.936. The Hall–Kier alpha value is -1.32. The molecule has 0 fully saturated rings. The smallest absolute Gasteiger partial charge is 0.129 e. The molecule has 114 valence electrons. The summed E-state index contributed by atoms with van der Waals surface area (Å²) in [5.41, 5.74) is 8.40. The molecule has 0 spiro atoms. The van der Waals surface area contributed by atoms with Gasteiger partial charge >= 0.3 is 0 Å². The maximum atomic E-state index is 5.34. The van der Waals surface area contributed by atoms with E-state index >= 15 is 0 Å². The Balaban J connectivity index is 2.62. The molecule has 1 atom stereocenters. The van der Waals surface area contributed by atoms with Gasteiger partial charge < -0.3 is 10.1 Å². The van der Waals surface area contributed by atoms with Crippen molar-refractivity contribution >= 4 is 11.3 Å². The highest BCUT2D eigenvalue weighted by atomic mass is 32.1. The van der Waals surface area contributed by atoms with Crippen molar-refractivity contribution in [3.63, 3.8) is 0 Å². The summed E-state index contributed by atoms with van der Waals surface area (Å²) in [7, 11) is 3.75. The van der Waals surface area contributed by atoms with Crippen molar-refractivity contribution < 1.29 is 4.74 Å². The second-order valence-electron chi connectivity index (χ2n) is 5.65. The van der Waals surface area contributed by atoms with E-state index in [4.69, 9.17) is 4.74 Å². The fourth-order valence-corrected chi connectivity index (χ4v) is 3.96. The van der Waals surface area contributed by atoms with E-state index in [0.717, 1.165) is 5.75 Å². The molecule has 1 N–H and O–H groups in total. The minimum absolute atomic E-state index is 0.219. The van der Waals surface area contributed by atoms with Crippen LogP contribution in [-0.4, -0.2) is 14.2 Å². The van der Waals surface area contributed by atoms with Crippen molar-refractivity contribution in [1.82, 2.24) is 5.32 Å². The molecule has 2 rings (SSSR count). The first-order valence-corrected chi connectivity index (χ1v) is 8.16. The van der Waals surface area contributed by atoms with E-state index in [1.54, 1.807) is 18.4 Å². The number of nitrogens with one attached hydrogen (secondary N) is 1. The normalized spacial score (nSPS) is 12.5. The lowest BCUT2D eigenvalue weighted by Gasteiger charge is -2.25. The van der Waals surface area contributed by atoms with Gasteiger partial charge in [0.1, 0.15) is 5.75 Å². The fraction of sp³-hybridized carbons (Fsp3) is 0.444. The zero-order valence-corrected chi connectivity index (χ0v) is 14.9. The van der Waals surface area contributed by atoms with Crippen molar-refractivity contribution in [2.75, 3.05) is 14.2 Å². The van der Waals surface area contributed by atoms with Crippen molar-refractivity contribution in [1.29, 1.82) is 0 Å². The first kappa shape index (κ1) is 16.1. The lowest BCUT2D eigenvalue weighted by atomic mass is 9.86. The minimum Gasteiger partial charge on any atom is -0.496 e. The Labute approximate surface area is 132 Å². The van der Waals surface area contributed by atoms with Crippen LogP contribution < -0.4 is 10.1 Å². The maximum Gasteiger partial charge on any atom is 0.129 e. The average Bonchev–Trinajstić information content (AvgIpc) is 2.96. The fourth-order valence-electron chi connectivity index (χ4n) is 2.98. The van der Waals surface area contributed by atoms with Crippen LogP contribution in [0.5, 0.6) is 5.75 Å². The minimum atomic E-state index is 0.219. The summed E-state index contributed by atoms with van der Waals surface area (Å²) >= 11 is 1.75. The molecule has 1 unspecified atom stereocenters. The molecule has 0 saturated heterocycles. The van der Waals surface area contributed by atoms with Gasteiger partial charge in [-0.15, -0.1) is 11.3 Å². The third-order valence-corrected chi connectivity index (χ3v) is 5.73. The summed E-state index contributed by atoms with van der Waals surface area (Å²) < 4.78 is 5.34. The molecule has 3 heteroatoms. The second kappa shape index (κ2) is 6.20. The van der Waals surface area contributed by atoms with Gasteiger partial charge in [0.05, 0.1) is 13.2 Å². The van der Waals surface area contributed by atoms with E-state index in [9.17, 15) is 0 Å². The second-order valence-corrected chi connectivity index (χ2v) is 6.59. The van der Waals surface area contributed by atoms with Gasteiger partial charge in [0.2, 0.25) is 0 Å². The molecule has 2 aromatic rings. The monoisotopic (exact) mass is 303 g/mol. The van der Waals surface area contributed by atoms with Crippen LogP contribution in [0.4, 0.5) is 0 Å². The first-order chi connectivity index (χ1) is 9.92. The van der Waals surface area contributed by atoms with E-state index < -0.39 is 0 Å². The van der Waals surface area contributed by atoms with E-state index in [0.29, 0.717) is 0 Å². The summed E-state index contributed by atoms with van der Waals surface area (Å²) in [6.45, 7) is 11.1. The molecule has 0 aliphatic rings. The molecule has 1 heterocycles. The lowest BCUT2D eigenvalue weighted by molar-refractivity contribution is 0.416. The quantitative estimate of drug-likeness (QED) is 0.890. The molecule has 0 saturated carbocycles. The number of hydrogen-bond donors (Lipinski definition) is 1. The van der Waals surface area contributed by atoms with Crippen LogP contribution in [0.2, 0.25) is 0 Å². The zero-order valence-electron chi connectivity index (χ0n) is 14.0. The van der Waals surface area contributed by atoms with Gasteiger partial charge in [-0.2, -0.15) is 0 Å². The van der Waals surface area contributed by atoms with Crippen LogP contribution in [0.15, 0.2) is 11.4 Å². The number of rotatable bonds is 4. The van der Waals surface area contributed by atoms with Gasteiger partial charge in [-0.3, -0.25) is 0 Å². The highest BCUT2D eigenvalue weighted by molar-refractivity contribution is 7.10. The molecule has 0 aliphatic carbocycles. The van der Waals surface area contributed by atoms with Gasteiger partial charge in [0.25, 0.3) is 0 Å². The Bertz CT molecular complexity index is 628. The third-order valence-electron chi connectivity index (χ3n) is 4.75. The average molecular weight is 303 g/mol. The van der Waals surface area contributed by atoms with Gasteiger partial charge in [-0.25, -0.2) is 0 Å². The Morgan fingerprint density at radius 3 is 1.90 bits per heavy atom. The predicted molar refractivity (Wildman–Crippen MR) is 91.9 cm³/mol. The SMILES string of the molecule is CNC(c1cc(OC)cs1)c1c(C)c(C)c(C)c(C)c1C. The molecule has 0 amide bonds. The van der Waals surface area contributed by atoms with Crippen molar-refractivity contribution in [3.8, 4) is 5.75 Å². The summed E-state index contributed by atoms with van der Waals surface area (Å²) in [5, 5.41) is 5.55. The lowest BCUT2D eigenvalue weighted by Crippen LogP contribution is -2.20. The molecule has 1 aromatic carbocycles. The molecular weight excluding hydrogens is 278 g/mol. The van der Waals surface area contributed by atoms with Crippen molar-refractivity contribution in [2.45, 2.75) is 40.7 Å². The number of hydrogen-bond acceptors (Lipinski definition) is 3. The van der Waals surface area contributed by atoms with Crippen LogP contribution in [0, 0.1) is 34.6 Å². The first-order valence-electron chi connectivity index (χ1n) is 7.28. The highest BCUT2D eigenvalue weighted by Gasteiger charge is 2.22. The molecule has 2 nitrogen and oxygen atoms in total.